The van der Waals surface area contributed by atoms with E-state index in [0.717, 1.165) is 16.9 Å². The van der Waals surface area contributed by atoms with Gasteiger partial charge in [-0.25, -0.2) is 0 Å². The molecular formula is C13H15ClN4O3S2. The van der Waals surface area contributed by atoms with Crippen molar-refractivity contribution in [3.05, 3.63) is 28.8 Å². The van der Waals surface area contributed by atoms with E-state index in [0.29, 0.717) is 10.7 Å². The predicted octanol–water partition coefficient (Wildman–Crippen LogP) is 2.90. The van der Waals surface area contributed by atoms with E-state index >= 15 is 0 Å². The summed E-state index contributed by atoms with van der Waals surface area (Å²) < 4.78 is 26.9. The number of aryl methyl sites for hydroxylation is 1. The number of rotatable bonds is 5. The number of nitrogens with zero attached hydrogens (tertiary/aromatic N) is 2. The normalized spacial score (nSPS) is 11.5. The number of benzene rings is 1. The maximum atomic E-state index is 12.3. The van der Waals surface area contributed by atoms with Crippen LogP contribution < -0.4 is 10.0 Å². The average molecular weight is 375 g/mol. The van der Waals surface area contributed by atoms with Crippen molar-refractivity contribution in [1.29, 1.82) is 0 Å². The summed E-state index contributed by atoms with van der Waals surface area (Å²) in [6.07, 6.45) is 0. The highest BCUT2D eigenvalue weighted by Crippen LogP contribution is 2.26. The number of anilines is 2. The molecule has 0 aliphatic carbocycles. The number of hydrogen-bond donors (Lipinski definition) is 2. The molecule has 0 aliphatic heterocycles. The molecule has 0 unspecified atom stereocenters. The lowest BCUT2D eigenvalue weighted by Crippen LogP contribution is -2.17. The summed E-state index contributed by atoms with van der Waals surface area (Å²) in [5.41, 5.74) is 1.08. The topological polar surface area (TPSA) is 101 Å². The van der Waals surface area contributed by atoms with Crippen LogP contribution in [0.15, 0.2) is 22.5 Å². The van der Waals surface area contributed by atoms with Gasteiger partial charge in [0.25, 0.3) is 14.4 Å². The molecule has 23 heavy (non-hydrogen) atoms. The zero-order valence-corrected chi connectivity index (χ0v) is 15.0. The van der Waals surface area contributed by atoms with Gasteiger partial charge < -0.3 is 5.32 Å². The molecule has 2 N–H and O–H groups in total. The van der Waals surface area contributed by atoms with Crippen LogP contribution in [-0.2, 0) is 14.8 Å². The number of carbonyl (C=O) groups excluding carboxylic acids is 1. The van der Waals surface area contributed by atoms with E-state index < -0.39 is 10.0 Å². The molecule has 10 heteroatoms. The van der Waals surface area contributed by atoms with Gasteiger partial charge in [-0.1, -0.05) is 42.9 Å². The molecule has 0 spiro atoms. The lowest BCUT2D eigenvalue weighted by atomic mass is 10.2. The van der Waals surface area contributed by atoms with Gasteiger partial charge in [0.1, 0.15) is 0 Å². The van der Waals surface area contributed by atoms with Crippen molar-refractivity contribution in [3.63, 3.8) is 0 Å². The fraction of sp³-hybridized carbons (Fsp3) is 0.308. The average Bonchev–Trinajstić information content (AvgIpc) is 2.92. The molecule has 0 bridgehead atoms. The molecule has 124 valence electrons. The highest BCUT2D eigenvalue weighted by atomic mass is 35.5. The summed E-state index contributed by atoms with van der Waals surface area (Å²) in [7, 11) is -3.90. The number of sulfonamides is 1. The minimum Gasteiger partial charge on any atom is -0.300 e. The molecule has 1 aromatic carbocycles. The van der Waals surface area contributed by atoms with Gasteiger partial charge in [0, 0.05) is 10.9 Å². The van der Waals surface area contributed by atoms with Crippen molar-refractivity contribution in [3.8, 4) is 0 Å². The lowest BCUT2D eigenvalue weighted by molar-refractivity contribution is -0.118. The predicted molar refractivity (Wildman–Crippen MR) is 90.4 cm³/mol. The Balaban J connectivity index is 2.22. The second-order valence-corrected chi connectivity index (χ2v) is 8.35. The van der Waals surface area contributed by atoms with E-state index in [1.807, 2.05) is 0 Å². The maximum Gasteiger partial charge on any atom is 0.291 e. The first-order valence-corrected chi connectivity index (χ1v) is 9.30. The van der Waals surface area contributed by atoms with Gasteiger partial charge in [-0.15, -0.1) is 10.2 Å². The Bertz CT molecular complexity index is 833. The van der Waals surface area contributed by atoms with Crippen LogP contribution in [-0.4, -0.2) is 24.5 Å². The monoisotopic (exact) mass is 374 g/mol. The van der Waals surface area contributed by atoms with Crippen LogP contribution in [0.5, 0.6) is 0 Å². The van der Waals surface area contributed by atoms with Crippen LogP contribution in [0.25, 0.3) is 0 Å². The van der Waals surface area contributed by atoms with Gasteiger partial charge in [-0.3, -0.25) is 9.52 Å². The molecule has 0 atom stereocenters. The number of aromatic nitrogens is 2. The van der Waals surface area contributed by atoms with Crippen LogP contribution in [0.2, 0.25) is 5.02 Å². The second-order valence-electron chi connectivity index (χ2n) is 5.08. The highest BCUT2D eigenvalue weighted by Gasteiger charge is 2.22. The number of hydrogen-bond acceptors (Lipinski definition) is 6. The zero-order chi connectivity index (χ0) is 17.2. The van der Waals surface area contributed by atoms with Gasteiger partial charge >= 0.3 is 0 Å². The summed E-state index contributed by atoms with van der Waals surface area (Å²) in [6, 6.07) is 4.88. The van der Waals surface area contributed by atoms with Gasteiger partial charge in [0.05, 0.1) is 5.69 Å². The largest absolute Gasteiger partial charge is 0.300 e. The molecular weight excluding hydrogens is 360 g/mol. The molecule has 0 fully saturated rings. The Kier molecular flexibility index (Phi) is 5.23. The second kappa shape index (κ2) is 6.81. The molecule has 1 amide bonds. The standard InChI is InChI=1S/C13H15ClN4O3S2/c1-7(2)11(19)15-12-16-17-13(22-12)23(20,21)18-10-6-9(14)5-4-8(10)3/h4-7,18H,1-3H3,(H,15,16,19). The smallest absolute Gasteiger partial charge is 0.291 e. The summed E-state index contributed by atoms with van der Waals surface area (Å²) >= 11 is 6.65. The van der Waals surface area contributed by atoms with Gasteiger partial charge in [-0.05, 0) is 24.6 Å². The lowest BCUT2D eigenvalue weighted by Gasteiger charge is -2.08. The van der Waals surface area contributed by atoms with Crippen molar-refractivity contribution in [2.24, 2.45) is 5.92 Å². The van der Waals surface area contributed by atoms with Crippen molar-refractivity contribution in [2.75, 3.05) is 10.0 Å². The van der Waals surface area contributed by atoms with Crippen molar-refractivity contribution >= 4 is 49.7 Å². The number of halogens is 1. The van der Waals surface area contributed by atoms with Gasteiger partial charge in [-0.2, -0.15) is 8.42 Å². The molecule has 0 saturated carbocycles. The Morgan fingerprint density at radius 1 is 1.30 bits per heavy atom. The quantitative estimate of drug-likeness (QED) is 0.783. The molecule has 0 radical (unpaired) electrons. The van der Waals surface area contributed by atoms with E-state index in [2.05, 4.69) is 20.2 Å². The first kappa shape index (κ1) is 17.6. The Hall–Kier alpha value is -1.71. The molecule has 2 aromatic rings. The van der Waals surface area contributed by atoms with E-state index in [1.165, 1.54) is 6.07 Å². The molecule has 7 nitrogen and oxygen atoms in total. The zero-order valence-electron chi connectivity index (χ0n) is 12.6. The third kappa shape index (κ3) is 4.40. The SMILES string of the molecule is Cc1ccc(Cl)cc1NS(=O)(=O)c1nnc(NC(=O)C(C)C)s1. The minimum atomic E-state index is -3.90. The highest BCUT2D eigenvalue weighted by molar-refractivity contribution is 7.94. The summed E-state index contributed by atoms with van der Waals surface area (Å²) in [4.78, 5) is 11.6. The molecule has 0 aliphatic rings. The third-order valence-corrected chi connectivity index (χ3v) is 5.64. The first-order chi connectivity index (χ1) is 10.7. The van der Waals surface area contributed by atoms with E-state index in [1.54, 1.807) is 32.9 Å². The van der Waals surface area contributed by atoms with Gasteiger partial charge in [0.2, 0.25) is 11.0 Å². The number of amides is 1. The number of carbonyl (C=O) groups is 1. The van der Waals surface area contributed by atoms with Crippen LogP contribution in [0.1, 0.15) is 19.4 Å². The summed E-state index contributed by atoms with van der Waals surface area (Å²) in [6.45, 7) is 5.19. The maximum absolute atomic E-state index is 12.3. The molecule has 1 aromatic heterocycles. The van der Waals surface area contributed by atoms with Gasteiger partial charge in [0.15, 0.2) is 0 Å². The van der Waals surface area contributed by atoms with E-state index in [9.17, 15) is 13.2 Å². The number of nitrogens with one attached hydrogen (secondary N) is 2. The van der Waals surface area contributed by atoms with E-state index in [4.69, 9.17) is 11.6 Å². The molecule has 1 heterocycles. The molecule has 2 rings (SSSR count). The summed E-state index contributed by atoms with van der Waals surface area (Å²) in [5.74, 6) is -0.505. The Morgan fingerprint density at radius 3 is 2.65 bits per heavy atom. The molecule has 0 saturated heterocycles. The fourth-order valence-corrected chi connectivity index (χ4v) is 3.71. The minimum absolute atomic E-state index is 0.131. The van der Waals surface area contributed by atoms with Crippen LogP contribution in [0, 0.1) is 12.8 Å². The van der Waals surface area contributed by atoms with Crippen molar-refractivity contribution < 1.29 is 13.2 Å². The summed E-state index contributed by atoms with van der Waals surface area (Å²) in [5, 5.41) is 10.4. The van der Waals surface area contributed by atoms with Crippen LogP contribution in [0.4, 0.5) is 10.8 Å². The van der Waals surface area contributed by atoms with Crippen LogP contribution >= 0.6 is 22.9 Å². The van der Waals surface area contributed by atoms with E-state index in [-0.39, 0.29) is 21.3 Å². The van der Waals surface area contributed by atoms with Crippen molar-refractivity contribution in [2.45, 2.75) is 25.1 Å². The third-order valence-electron chi connectivity index (χ3n) is 2.83. The van der Waals surface area contributed by atoms with Crippen LogP contribution in [0.3, 0.4) is 0 Å². The van der Waals surface area contributed by atoms with Crippen molar-refractivity contribution in [1.82, 2.24) is 10.2 Å². The first-order valence-electron chi connectivity index (χ1n) is 6.62. The fourth-order valence-electron chi connectivity index (χ4n) is 1.51. The Labute approximate surface area is 143 Å². The Morgan fingerprint density at radius 2 is 2.00 bits per heavy atom.